The van der Waals surface area contributed by atoms with E-state index in [-0.39, 0.29) is 5.91 Å². The van der Waals surface area contributed by atoms with E-state index in [9.17, 15) is 9.59 Å². The molecule has 2 amide bonds. The van der Waals surface area contributed by atoms with Gasteiger partial charge in [0.15, 0.2) is 11.5 Å². The SMILES string of the molecule is O=C(Nc1cccc(C(=O)N2CCOCC2)c1)C1Oc2ccccc2O1. The van der Waals surface area contributed by atoms with E-state index in [1.165, 1.54) is 0 Å². The summed E-state index contributed by atoms with van der Waals surface area (Å²) in [6, 6.07) is 13.9. The van der Waals surface area contributed by atoms with Crippen LogP contribution in [-0.4, -0.2) is 49.3 Å². The minimum Gasteiger partial charge on any atom is -0.442 e. The smallest absolute Gasteiger partial charge is 0.322 e. The summed E-state index contributed by atoms with van der Waals surface area (Å²) in [4.78, 5) is 26.7. The highest BCUT2D eigenvalue weighted by Crippen LogP contribution is 2.34. The summed E-state index contributed by atoms with van der Waals surface area (Å²) in [7, 11) is 0. The van der Waals surface area contributed by atoms with Crippen LogP contribution in [0.1, 0.15) is 10.4 Å². The van der Waals surface area contributed by atoms with Crippen LogP contribution in [0.15, 0.2) is 48.5 Å². The van der Waals surface area contributed by atoms with Crippen molar-refractivity contribution >= 4 is 17.5 Å². The standard InChI is InChI=1S/C19H18N2O5/c22-17(19-25-15-6-1-2-7-16(15)26-19)20-14-5-3-4-13(12-14)18(23)21-8-10-24-11-9-21/h1-7,12,19H,8-11H2,(H,20,22). The molecule has 0 bridgehead atoms. The number of para-hydroxylation sites is 2. The number of carbonyl (C=O) groups excluding carboxylic acids is 2. The van der Waals surface area contributed by atoms with E-state index in [4.69, 9.17) is 14.2 Å². The lowest BCUT2D eigenvalue weighted by atomic mass is 10.1. The molecule has 0 spiro atoms. The lowest BCUT2D eigenvalue weighted by Crippen LogP contribution is -2.40. The number of fused-ring (bicyclic) bond motifs is 1. The van der Waals surface area contributed by atoms with Gasteiger partial charge in [0, 0.05) is 24.3 Å². The normalized spacial score (nSPS) is 16.4. The molecule has 2 aromatic carbocycles. The van der Waals surface area contributed by atoms with Gasteiger partial charge in [-0.25, -0.2) is 0 Å². The molecule has 2 aromatic rings. The molecule has 1 fully saturated rings. The molecule has 7 nitrogen and oxygen atoms in total. The van der Waals surface area contributed by atoms with Crippen molar-refractivity contribution in [2.45, 2.75) is 6.29 Å². The van der Waals surface area contributed by atoms with Gasteiger partial charge < -0.3 is 24.4 Å². The third-order valence-electron chi connectivity index (χ3n) is 4.21. The number of hydrogen-bond donors (Lipinski definition) is 1. The van der Waals surface area contributed by atoms with Gasteiger partial charge in [-0.3, -0.25) is 9.59 Å². The van der Waals surface area contributed by atoms with E-state index in [0.717, 1.165) is 0 Å². The molecule has 1 saturated heterocycles. The fourth-order valence-corrected chi connectivity index (χ4v) is 2.89. The molecule has 134 valence electrons. The molecule has 26 heavy (non-hydrogen) atoms. The van der Waals surface area contributed by atoms with Crippen molar-refractivity contribution in [2.24, 2.45) is 0 Å². The van der Waals surface area contributed by atoms with Crippen LogP contribution < -0.4 is 14.8 Å². The highest BCUT2D eigenvalue weighted by molar-refractivity contribution is 5.98. The first kappa shape index (κ1) is 16.4. The summed E-state index contributed by atoms with van der Waals surface area (Å²) in [6.07, 6.45) is -1.05. The summed E-state index contributed by atoms with van der Waals surface area (Å²) >= 11 is 0. The topological polar surface area (TPSA) is 77.1 Å². The summed E-state index contributed by atoms with van der Waals surface area (Å²) in [6.45, 7) is 2.22. The van der Waals surface area contributed by atoms with E-state index in [1.807, 2.05) is 12.1 Å². The van der Waals surface area contributed by atoms with Gasteiger partial charge >= 0.3 is 12.2 Å². The first-order valence-electron chi connectivity index (χ1n) is 8.41. The number of hydrogen-bond acceptors (Lipinski definition) is 5. The van der Waals surface area contributed by atoms with Gasteiger partial charge in [0.2, 0.25) is 0 Å². The number of nitrogens with zero attached hydrogens (tertiary/aromatic N) is 1. The fraction of sp³-hybridized carbons (Fsp3) is 0.263. The number of morpholine rings is 1. The maximum absolute atomic E-state index is 12.6. The van der Waals surface area contributed by atoms with Gasteiger partial charge in [0.05, 0.1) is 13.2 Å². The van der Waals surface area contributed by atoms with Gasteiger partial charge in [-0.1, -0.05) is 18.2 Å². The minimum absolute atomic E-state index is 0.0785. The van der Waals surface area contributed by atoms with Gasteiger partial charge in [0.25, 0.3) is 5.91 Å². The molecule has 0 aromatic heterocycles. The van der Waals surface area contributed by atoms with Crippen LogP contribution in [0.4, 0.5) is 5.69 Å². The van der Waals surface area contributed by atoms with E-state index in [1.54, 1.807) is 41.3 Å². The van der Waals surface area contributed by atoms with E-state index < -0.39 is 12.2 Å². The van der Waals surface area contributed by atoms with E-state index in [0.29, 0.717) is 49.1 Å². The van der Waals surface area contributed by atoms with Crippen molar-refractivity contribution in [2.75, 3.05) is 31.6 Å². The Morgan fingerprint density at radius 2 is 1.65 bits per heavy atom. The molecule has 1 N–H and O–H groups in total. The molecule has 0 atom stereocenters. The Kier molecular flexibility index (Phi) is 4.45. The van der Waals surface area contributed by atoms with Crippen molar-refractivity contribution in [3.63, 3.8) is 0 Å². The van der Waals surface area contributed by atoms with Crippen molar-refractivity contribution in [1.82, 2.24) is 4.90 Å². The number of ether oxygens (including phenoxy) is 3. The Morgan fingerprint density at radius 3 is 2.35 bits per heavy atom. The molecule has 0 unspecified atom stereocenters. The number of nitrogens with one attached hydrogen (secondary N) is 1. The zero-order valence-electron chi connectivity index (χ0n) is 14.0. The minimum atomic E-state index is -1.05. The Balaban J connectivity index is 1.42. The molecule has 0 aliphatic carbocycles. The third kappa shape index (κ3) is 3.34. The molecule has 0 radical (unpaired) electrons. The predicted octanol–water partition coefficient (Wildman–Crippen LogP) is 1.89. The Morgan fingerprint density at radius 1 is 0.962 bits per heavy atom. The van der Waals surface area contributed by atoms with Crippen LogP contribution in [0.5, 0.6) is 11.5 Å². The number of benzene rings is 2. The monoisotopic (exact) mass is 354 g/mol. The largest absolute Gasteiger partial charge is 0.442 e. The Bertz CT molecular complexity index is 807. The average Bonchev–Trinajstić information content (AvgIpc) is 3.13. The molecule has 2 heterocycles. The van der Waals surface area contributed by atoms with Gasteiger partial charge in [0.1, 0.15) is 0 Å². The van der Waals surface area contributed by atoms with Crippen LogP contribution in [0.2, 0.25) is 0 Å². The number of rotatable bonds is 3. The predicted molar refractivity (Wildman–Crippen MR) is 93.3 cm³/mol. The zero-order valence-corrected chi connectivity index (χ0v) is 14.0. The quantitative estimate of drug-likeness (QED) is 0.911. The van der Waals surface area contributed by atoms with Crippen LogP contribution in [0.25, 0.3) is 0 Å². The lowest BCUT2D eigenvalue weighted by molar-refractivity contribution is -0.131. The maximum atomic E-state index is 12.6. The molecular formula is C19H18N2O5. The van der Waals surface area contributed by atoms with Crippen LogP contribution in [0, 0.1) is 0 Å². The molecule has 2 aliphatic heterocycles. The second kappa shape index (κ2) is 7.05. The highest BCUT2D eigenvalue weighted by atomic mass is 16.7. The van der Waals surface area contributed by atoms with Crippen molar-refractivity contribution in [1.29, 1.82) is 0 Å². The molecule has 7 heteroatoms. The van der Waals surface area contributed by atoms with Crippen molar-refractivity contribution in [3.8, 4) is 11.5 Å². The first-order valence-corrected chi connectivity index (χ1v) is 8.41. The Labute approximate surface area is 150 Å². The van der Waals surface area contributed by atoms with Gasteiger partial charge in [-0.2, -0.15) is 0 Å². The Hall–Kier alpha value is -3.06. The second-order valence-corrected chi connectivity index (χ2v) is 5.99. The molecule has 4 rings (SSSR count). The highest BCUT2D eigenvalue weighted by Gasteiger charge is 2.30. The van der Waals surface area contributed by atoms with Crippen LogP contribution >= 0.6 is 0 Å². The lowest BCUT2D eigenvalue weighted by Gasteiger charge is -2.27. The number of carbonyl (C=O) groups is 2. The average molecular weight is 354 g/mol. The summed E-state index contributed by atoms with van der Waals surface area (Å²) in [5.41, 5.74) is 1.03. The van der Waals surface area contributed by atoms with Crippen molar-refractivity contribution < 1.29 is 23.8 Å². The van der Waals surface area contributed by atoms with Crippen LogP contribution in [0.3, 0.4) is 0 Å². The van der Waals surface area contributed by atoms with Crippen molar-refractivity contribution in [3.05, 3.63) is 54.1 Å². The number of amides is 2. The number of anilines is 1. The summed E-state index contributed by atoms with van der Waals surface area (Å²) < 4.78 is 16.2. The third-order valence-corrected chi connectivity index (χ3v) is 4.21. The first-order chi connectivity index (χ1) is 12.7. The fourth-order valence-electron chi connectivity index (χ4n) is 2.89. The van der Waals surface area contributed by atoms with Gasteiger partial charge in [-0.15, -0.1) is 0 Å². The van der Waals surface area contributed by atoms with Crippen LogP contribution in [-0.2, 0) is 9.53 Å². The molecular weight excluding hydrogens is 336 g/mol. The van der Waals surface area contributed by atoms with E-state index >= 15 is 0 Å². The molecule has 0 saturated carbocycles. The van der Waals surface area contributed by atoms with Gasteiger partial charge in [-0.05, 0) is 30.3 Å². The second-order valence-electron chi connectivity index (χ2n) is 5.99. The summed E-state index contributed by atoms with van der Waals surface area (Å²) in [5.74, 6) is 0.551. The zero-order chi connectivity index (χ0) is 17.9. The summed E-state index contributed by atoms with van der Waals surface area (Å²) in [5, 5.41) is 2.73. The molecule has 2 aliphatic rings. The maximum Gasteiger partial charge on any atom is 0.322 e. The van der Waals surface area contributed by atoms with E-state index in [2.05, 4.69) is 5.32 Å².